The van der Waals surface area contributed by atoms with Crippen LogP contribution in [-0.2, 0) is 4.79 Å². The van der Waals surface area contributed by atoms with Gasteiger partial charge in [-0.3, -0.25) is 4.79 Å². The number of fused-ring (bicyclic) bond motifs is 1. The van der Waals surface area contributed by atoms with Crippen molar-refractivity contribution >= 4 is 34.3 Å². The topological polar surface area (TPSA) is 94.3 Å². The Morgan fingerprint density at radius 1 is 1.18 bits per heavy atom. The number of alkyl halides is 2. The Kier molecular flexibility index (Phi) is 6.64. The van der Waals surface area contributed by atoms with E-state index in [9.17, 15) is 18.4 Å². The molecule has 0 spiro atoms. The molecule has 2 aromatic heterocycles. The van der Waals surface area contributed by atoms with Crippen LogP contribution in [0.25, 0.3) is 22.2 Å². The van der Waals surface area contributed by atoms with Crippen LogP contribution in [0.3, 0.4) is 0 Å². The van der Waals surface area contributed by atoms with Crippen LogP contribution >= 0.6 is 11.8 Å². The minimum Gasteiger partial charge on any atom is -0.435 e. The molecule has 4 rings (SSSR count). The van der Waals surface area contributed by atoms with E-state index < -0.39 is 12.2 Å². The number of aromatic nitrogens is 2. The van der Waals surface area contributed by atoms with E-state index in [2.05, 4.69) is 20.0 Å². The summed E-state index contributed by atoms with van der Waals surface area (Å²) in [5.74, 6) is -0.236. The summed E-state index contributed by atoms with van der Waals surface area (Å²) < 4.78 is 34.5. The minimum atomic E-state index is -2.92. The fourth-order valence-corrected chi connectivity index (χ4v) is 3.76. The third-order valence-electron chi connectivity index (χ3n) is 4.56. The first kappa shape index (κ1) is 22.4. The highest BCUT2D eigenvalue weighted by Gasteiger charge is 2.10. The molecule has 2 aromatic carbocycles. The van der Waals surface area contributed by atoms with E-state index in [0.29, 0.717) is 27.7 Å². The summed E-state index contributed by atoms with van der Waals surface area (Å²) in [4.78, 5) is 32.5. The van der Waals surface area contributed by atoms with Gasteiger partial charge in [0, 0.05) is 35.0 Å². The average molecular weight is 469 g/mol. The number of nitrogens with one attached hydrogen (secondary N) is 1. The summed E-state index contributed by atoms with van der Waals surface area (Å²) in [6.45, 7) is -1.11. The average Bonchev–Trinajstić information content (AvgIpc) is 2.77. The van der Waals surface area contributed by atoms with E-state index in [1.54, 1.807) is 36.4 Å². The molecule has 7 nitrogen and oxygen atoms in total. The van der Waals surface area contributed by atoms with Crippen molar-refractivity contribution in [1.29, 1.82) is 0 Å². The van der Waals surface area contributed by atoms with Gasteiger partial charge in [-0.2, -0.15) is 8.78 Å². The van der Waals surface area contributed by atoms with E-state index in [1.165, 1.54) is 24.4 Å². The van der Waals surface area contributed by atoms with Crippen molar-refractivity contribution in [3.8, 4) is 17.0 Å². The summed E-state index contributed by atoms with van der Waals surface area (Å²) in [5, 5.41) is 3.89. The van der Waals surface area contributed by atoms with Gasteiger partial charge in [0.25, 0.3) is 0 Å². The maximum absolute atomic E-state index is 12.5. The highest BCUT2D eigenvalue weighted by molar-refractivity contribution is 7.99. The number of anilines is 1. The molecule has 0 fully saturated rings. The van der Waals surface area contributed by atoms with Gasteiger partial charge in [0.15, 0.2) is 5.16 Å². The Morgan fingerprint density at radius 2 is 2.03 bits per heavy atom. The lowest BCUT2D eigenvalue weighted by Crippen LogP contribution is -2.14. The number of rotatable bonds is 7. The summed E-state index contributed by atoms with van der Waals surface area (Å²) in [6, 6.07) is 14.3. The van der Waals surface area contributed by atoms with Crippen molar-refractivity contribution in [2.45, 2.75) is 18.7 Å². The number of carbonyl (C=O) groups excluding carboxylic acids is 1. The first-order valence-electron chi connectivity index (χ1n) is 9.73. The molecule has 0 saturated carbocycles. The zero-order chi connectivity index (χ0) is 23.4. The monoisotopic (exact) mass is 469 g/mol. The lowest BCUT2D eigenvalue weighted by atomic mass is 10.1. The Labute approximate surface area is 190 Å². The predicted octanol–water partition coefficient (Wildman–Crippen LogP) is 4.89. The number of thioether (sulfide) groups is 1. The number of halogens is 2. The number of amides is 1. The summed E-state index contributed by atoms with van der Waals surface area (Å²) >= 11 is 1.12. The van der Waals surface area contributed by atoms with Gasteiger partial charge in [-0.1, -0.05) is 23.9 Å². The van der Waals surface area contributed by atoms with E-state index in [1.807, 2.05) is 6.92 Å². The molecule has 33 heavy (non-hydrogen) atoms. The molecule has 0 aliphatic carbocycles. The summed E-state index contributed by atoms with van der Waals surface area (Å²) in [5.41, 5.74) is 2.30. The number of hydrogen-bond acceptors (Lipinski definition) is 7. The summed E-state index contributed by atoms with van der Waals surface area (Å²) in [7, 11) is 0. The largest absolute Gasteiger partial charge is 0.435 e. The van der Waals surface area contributed by atoms with Gasteiger partial charge in [-0.05, 0) is 42.8 Å². The van der Waals surface area contributed by atoms with Crippen molar-refractivity contribution in [2.75, 3.05) is 11.1 Å². The van der Waals surface area contributed by atoms with Crippen molar-refractivity contribution in [3.05, 3.63) is 76.8 Å². The number of benzene rings is 2. The Hall–Kier alpha value is -3.79. The molecular formula is C23H17F2N3O4S. The first-order valence-corrected chi connectivity index (χ1v) is 10.7. The number of hydrogen-bond donors (Lipinski definition) is 1. The fourth-order valence-electron chi connectivity index (χ4n) is 3.13. The second-order valence-electron chi connectivity index (χ2n) is 6.93. The SMILES string of the molecule is Cc1cc(=O)oc2cc(NC(=O)CSc3nccc(-c4cccc(OC(F)F)c4)n3)ccc12. The van der Waals surface area contributed by atoms with E-state index in [-0.39, 0.29) is 17.4 Å². The molecule has 0 bridgehead atoms. The van der Waals surface area contributed by atoms with Crippen LogP contribution in [0, 0.1) is 6.92 Å². The maximum atomic E-state index is 12.5. The molecule has 0 aliphatic rings. The smallest absolute Gasteiger partial charge is 0.387 e. The lowest BCUT2D eigenvalue weighted by Gasteiger charge is -2.08. The molecule has 168 valence electrons. The first-order chi connectivity index (χ1) is 15.9. The van der Waals surface area contributed by atoms with Crippen LogP contribution in [-0.4, -0.2) is 28.2 Å². The molecular weight excluding hydrogens is 452 g/mol. The molecule has 1 amide bonds. The number of aryl methyl sites for hydroxylation is 1. The van der Waals surface area contributed by atoms with Crippen LogP contribution in [0.2, 0.25) is 0 Å². The van der Waals surface area contributed by atoms with E-state index in [0.717, 1.165) is 22.7 Å². The van der Waals surface area contributed by atoms with Crippen molar-refractivity contribution in [3.63, 3.8) is 0 Å². The molecule has 0 aliphatic heterocycles. The molecule has 0 saturated heterocycles. The number of ether oxygens (including phenoxy) is 1. The van der Waals surface area contributed by atoms with Gasteiger partial charge in [0.05, 0.1) is 11.4 Å². The van der Waals surface area contributed by atoms with Crippen molar-refractivity contribution in [1.82, 2.24) is 9.97 Å². The fraction of sp³-hybridized carbons (Fsp3) is 0.130. The van der Waals surface area contributed by atoms with Gasteiger partial charge in [0.2, 0.25) is 5.91 Å². The van der Waals surface area contributed by atoms with Crippen LogP contribution in [0.1, 0.15) is 5.56 Å². The lowest BCUT2D eigenvalue weighted by molar-refractivity contribution is -0.113. The molecule has 0 radical (unpaired) electrons. The summed E-state index contributed by atoms with van der Waals surface area (Å²) in [6.07, 6.45) is 1.52. The van der Waals surface area contributed by atoms with Crippen LogP contribution < -0.4 is 15.7 Å². The molecule has 0 unspecified atom stereocenters. The molecule has 4 aromatic rings. The van der Waals surface area contributed by atoms with Gasteiger partial charge in [-0.15, -0.1) is 0 Å². The van der Waals surface area contributed by atoms with Crippen molar-refractivity contribution < 1.29 is 22.7 Å². The normalized spacial score (nSPS) is 11.0. The quantitative estimate of drug-likeness (QED) is 0.234. The van der Waals surface area contributed by atoms with Gasteiger partial charge >= 0.3 is 12.2 Å². The minimum absolute atomic E-state index is 0.0242. The van der Waals surface area contributed by atoms with Crippen LogP contribution in [0.4, 0.5) is 14.5 Å². The maximum Gasteiger partial charge on any atom is 0.387 e. The van der Waals surface area contributed by atoms with E-state index in [4.69, 9.17) is 4.42 Å². The van der Waals surface area contributed by atoms with E-state index >= 15 is 0 Å². The molecule has 1 N–H and O–H groups in total. The third kappa shape index (κ3) is 5.72. The Balaban J connectivity index is 1.42. The van der Waals surface area contributed by atoms with Crippen LogP contribution in [0.5, 0.6) is 5.75 Å². The standard InChI is InChI=1S/C23H17F2N3O4S/c1-13-9-21(30)32-19-11-15(5-6-17(13)19)27-20(29)12-33-23-26-8-7-18(28-23)14-3-2-4-16(10-14)31-22(24)25/h2-11,22H,12H2,1H3,(H,27,29). The zero-order valence-electron chi connectivity index (χ0n) is 17.2. The molecule has 2 heterocycles. The van der Waals surface area contributed by atoms with Gasteiger partial charge in [0.1, 0.15) is 11.3 Å². The second kappa shape index (κ2) is 9.78. The second-order valence-corrected chi connectivity index (χ2v) is 7.87. The van der Waals surface area contributed by atoms with Crippen LogP contribution in [0.15, 0.2) is 75.2 Å². The number of carbonyl (C=O) groups is 1. The number of nitrogens with zero attached hydrogens (tertiary/aromatic N) is 2. The van der Waals surface area contributed by atoms with Gasteiger partial charge in [-0.25, -0.2) is 14.8 Å². The Bertz CT molecular complexity index is 1380. The van der Waals surface area contributed by atoms with Crippen molar-refractivity contribution in [2.24, 2.45) is 0 Å². The highest BCUT2D eigenvalue weighted by Crippen LogP contribution is 2.25. The zero-order valence-corrected chi connectivity index (χ0v) is 18.1. The van der Waals surface area contributed by atoms with Gasteiger partial charge < -0.3 is 14.5 Å². The molecule has 10 heteroatoms. The highest BCUT2D eigenvalue weighted by atomic mass is 32.2. The predicted molar refractivity (Wildman–Crippen MR) is 121 cm³/mol. The third-order valence-corrected chi connectivity index (χ3v) is 5.42. The molecule has 0 atom stereocenters. The Morgan fingerprint density at radius 3 is 2.85 bits per heavy atom.